The third-order valence-corrected chi connectivity index (χ3v) is 6.64. The summed E-state index contributed by atoms with van der Waals surface area (Å²) in [5, 5.41) is 1.33. The number of hydrogen-bond acceptors (Lipinski definition) is 2. The van der Waals surface area contributed by atoms with E-state index in [2.05, 4.69) is 60.7 Å². The van der Waals surface area contributed by atoms with Gasteiger partial charge in [0.05, 0.1) is 0 Å². The normalized spacial score (nSPS) is 23.8. The maximum Gasteiger partial charge on any atom is 0.0401 e. The highest BCUT2D eigenvalue weighted by atomic mass is 33.1. The van der Waals surface area contributed by atoms with Gasteiger partial charge in [0.25, 0.3) is 0 Å². The number of benzene rings is 2. The molecule has 0 aromatic heterocycles. The summed E-state index contributed by atoms with van der Waals surface area (Å²) in [6, 6.07) is 21.8. The Bertz CT molecular complexity index is 425. The van der Waals surface area contributed by atoms with Crippen LogP contribution in [0, 0.1) is 0 Å². The first-order valence-corrected chi connectivity index (χ1v) is 8.63. The second-order valence-electron chi connectivity index (χ2n) is 4.57. The molecule has 0 amide bonds. The van der Waals surface area contributed by atoms with E-state index >= 15 is 0 Å². The minimum absolute atomic E-state index is 0.663. The van der Waals surface area contributed by atoms with Crippen LogP contribution < -0.4 is 0 Å². The molecular formula is C16H16S2. The van der Waals surface area contributed by atoms with Crippen LogP contribution >= 0.6 is 21.6 Å². The van der Waals surface area contributed by atoms with Crippen molar-refractivity contribution in [1.82, 2.24) is 0 Å². The van der Waals surface area contributed by atoms with Gasteiger partial charge >= 0.3 is 0 Å². The summed E-state index contributed by atoms with van der Waals surface area (Å²) in [7, 11) is 4.07. The Kier molecular flexibility index (Phi) is 3.96. The molecule has 0 spiro atoms. The summed E-state index contributed by atoms with van der Waals surface area (Å²) in [6.07, 6.45) is 2.56. The minimum atomic E-state index is 0.663. The Morgan fingerprint density at radius 3 is 1.33 bits per heavy atom. The molecule has 0 aliphatic carbocycles. The van der Waals surface area contributed by atoms with Crippen LogP contribution in [0.3, 0.4) is 0 Å². The average molecular weight is 272 g/mol. The van der Waals surface area contributed by atoms with E-state index in [1.165, 1.54) is 24.0 Å². The van der Waals surface area contributed by atoms with Gasteiger partial charge in [-0.25, -0.2) is 0 Å². The first-order chi connectivity index (χ1) is 8.93. The molecule has 1 aliphatic rings. The van der Waals surface area contributed by atoms with Crippen molar-refractivity contribution in [3.63, 3.8) is 0 Å². The number of hydrogen-bond donors (Lipinski definition) is 0. The highest BCUT2D eigenvalue weighted by molar-refractivity contribution is 8.76. The molecule has 2 atom stereocenters. The molecule has 2 aromatic rings. The van der Waals surface area contributed by atoms with Gasteiger partial charge in [-0.1, -0.05) is 82.3 Å². The van der Waals surface area contributed by atoms with Crippen LogP contribution in [0.25, 0.3) is 0 Å². The quantitative estimate of drug-likeness (QED) is 0.648. The molecule has 0 nitrogen and oxygen atoms in total. The topological polar surface area (TPSA) is 0 Å². The predicted molar refractivity (Wildman–Crippen MR) is 82.8 cm³/mol. The Morgan fingerprint density at radius 2 is 1.00 bits per heavy atom. The molecule has 92 valence electrons. The number of rotatable bonds is 2. The van der Waals surface area contributed by atoms with E-state index in [9.17, 15) is 0 Å². The predicted octanol–water partition coefficient (Wildman–Crippen LogP) is 5.64. The molecule has 1 aliphatic heterocycles. The maximum atomic E-state index is 2.25. The van der Waals surface area contributed by atoms with Crippen molar-refractivity contribution >= 4 is 21.6 Å². The van der Waals surface area contributed by atoms with Crippen molar-refractivity contribution in [2.45, 2.75) is 23.3 Å². The summed E-state index contributed by atoms with van der Waals surface area (Å²) in [5.41, 5.74) is 2.95. The van der Waals surface area contributed by atoms with Gasteiger partial charge in [-0.3, -0.25) is 0 Å². The lowest BCUT2D eigenvalue weighted by atomic mass is 10.0. The standard InChI is InChI=1S/C16H16S2/c1-3-7-13(8-4-1)15-11-12-16(18-17-15)14-9-5-2-6-10-14/h1-10,15-16H,11-12H2/t15-,16-/m0/s1. The van der Waals surface area contributed by atoms with Crippen LogP contribution in [0.1, 0.15) is 34.5 Å². The Balaban J connectivity index is 1.65. The Hall–Kier alpha value is -0.860. The molecule has 1 fully saturated rings. The third-order valence-electron chi connectivity index (χ3n) is 3.32. The first-order valence-electron chi connectivity index (χ1n) is 6.35. The van der Waals surface area contributed by atoms with Crippen LogP contribution in [0.2, 0.25) is 0 Å². The second-order valence-corrected chi connectivity index (χ2v) is 7.25. The van der Waals surface area contributed by atoms with E-state index in [0.717, 1.165) is 0 Å². The fraction of sp³-hybridized carbons (Fsp3) is 0.250. The highest BCUT2D eigenvalue weighted by Gasteiger charge is 2.24. The van der Waals surface area contributed by atoms with E-state index in [1.807, 2.05) is 21.6 Å². The second kappa shape index (κ2) is 5.85. The van der Waals surface area contributed by atoms with Crippen molar-refractivity contribution in [3.8, 4) is 0 Å². The first kappa shape index (κ1) is 12.2. The molecule has 0 saturated carbocycles. The highest BCUT2D eigenvalue weighted by Crippen LogP contribution is 2.54. The molecular weight excluding hydrogens is 256 g/mol. The molecule has 1 saturated heterocycles. The van der Waals surface area contributed by atoms with Gasteiger partial charge in [0.2, 0.25) is 0 Å². The smallest absolute Gasteiger partial charge is 0.0401 e. The minimum Gasteiger partial charge on any atom is -0.0853 e. The maximum absolute atomic E-state index is 2.25. The lowest BCUT2D eigenvalue weighted by Crippen LogP contribution is -2.03. The zero-order valence-electron chi connectivity index (χ0n) is 10.2. The molecule has 2 aromatic carbocycles. The summed E-state index contributed by atoms with van der Waals surface area (Å²) in [5.74, 6) is 0. The van der Waals surface area contributed by atoms with Gasteiger partial charge in [-0.15, -0.1) is 0 Å². The summed E-state index contributed by atoms with van der Waals surface area (Å²) >= 11 is 0. The molecule has 0 unspecified atom stereocenters. The fourth-order valence-corrected chi connectivity index (χ4v) is 5.63. The van der Waals surface area contributed by atoms with Gasteiger partial charge < -0.3 is 0 Å². The summed E-state index contributed by atoms with van der Waals surface area (Å²) in [6.45, 7) is 0. The van der Waals surface area contributed by atoms with Gasteiger partial charge in [-0.2, -0.15) is 0 Å². The monoisotopic (exact) mass is 272 g/mol. The van der Waals surface area contributed by atoms with Crippen LogP contribution in [0.4, 0.5) is 0 Å². The largest absolute Gasteiger partial charge is 0.0853 e. The van der Waals surface area contributed by atoms with E-state index in [-0.39, 0.29) is 0 Å². The lowest BCUT2D eigenvalue weighted by Gasteiger charge is -2.27. The van der Waals surface area contributed by atoms with Crippen LogP contribution in [0.15, 0.2) is 60.7 Å². The van der Waals surface area contributed by atoms with Crippen molar-refractivity contribution < 1.29 is 0 Å². The fourth-order valence-electron chi connectivity index (χ4n) is 2.31. The van der Waals surface area contributed by atoms with Crippen molar-refractivity contribution in [2.24, 2.45) is 0 Å². The van der Waals surface area contributed by atoms with Crippen molar-refractivity contribution in [1.29, 1.82) is 0 Å². The van der Waals surface area contributed by atoms with E-state index in [4.69, 9.17) is 0 Å². The van der Waals surface area contributed by atoms with Crippen LogP contribution in [-0.2, 0) is 0 Å². The van der Waals surface area contributed by atoms with E-state index in [0.29, 0.717) is 10.5 Å². The van der Waals surface area contributed by atoms with Crippen LogP contribution in [0.5, 0.6) is 0 Å². The SMILES string of the molecule is c1ccc([C@@H]2CC[C@@H](c3ccccc3)SS2)cc1. The molecule has 0 N–H and O–H groups in total. The third kappa shape index (κ3) is 2.76. The van der Waals surface area contributed by atoms with E-state index in [1.54, 1.807) is 0 Å². The van der Waals surface area contributed by atoms with Gasteiger partial charge in [0.15, 0.2) is 0 Å². The van der Waals surface area contributed by atoms with Gasteiger partial charge in [0.1, 0.15) is 0 Å². The summed E-state index contributed by atoms with van der Waals surface area (Å²) < 4.78 is 0. The molecule has 0 bridgehead atoms. The van der Waals surface area contributed by atoms with Crippen molar-refractivity contribution in [3.05, 3.63) is 71.8 Å². The van der Waals surface area contributed by atoms with Gasteiger partial charge in [0, 0.05) is 10.5 Å². The zero-order chi connectivity index (χ0) is 12.2. The average Bonchev–Trinajstić information content (AvgIpc) is 2.49. The molecule has 18 heavy (non-hydrogen) atoms. The lowest BCUT2D eigenvalue weighted by molar-refractivity contribution is 0.708. The van der Waals surface area contributed by atoms with Crippen molar-refractivity contribution in [2.75, 3.05) is 0 Å². The summed E-state index contributed by atoms with van der Waals surface area (Å²) in [4.78, 5) is 0. The Labute approximate surface area is 117 Å². The Morgan fingerprint density at radius 1 is 0.611 bits per heavy atom. The van der Waals surface area contributed by atoms with Crippen LogP contribution in [-0.4, -0.2) is 0 Å². The molecule has 2 heteroatoms. The molecule has 0 radical (unpaired) electrons. The van der Waals surface area contributed by atoms with Gasteiger partial charge in [-0.05, 0) is 24.0 Å². The molecule has 1 heterocycles. The zero-order valence-corrected chi connectivity index (χ0v) is 11.8. The molecule has 3 rings (SSSR count). The van der Waals surface area contributed by atoms with E-state index < -0.39 is 0 Å².